The van der Waals surface area contributed by atoms with Crippen LogP contribution in [-0.2, 0) is 0 Å². The number of hydrogen-bond donors (Lipinski definition) is 1. The summed E-state index contributed by atoms with van der Waals surface area (Å²) in [5, 5.41) is 3.76. The van der Waals surface area contributed by atoms with Crippen LogP contribution < -0.4 is 10.1 Å². The minimum Gasteiger partial charge on any atom is -0.410 e. The quantitative estimate of drug-likeness (QED) is 0.854. The summed E-state index contributed by atoms with van der Waals surface area (Å²) in [7, 11) is 0. The lowest BCUT2D eigenvalue weighted by molar-refractivity contribution is 0.215. The van der Waals surface area contributed by atoms with E-state index in [1.807, 2.05) is 6.92 Å². The topological polar surface area (TPSA) is 38.3 Å². The zero-order valence-electron chi connectivity index (χ0n) is 10.1. The van der Waals surface area contributed by atoms with Gasteiger partial charge in [0.2, 0.25) is 0 Å². The van der Waals surface area contributed by atoms with E-state index in [0.717, 1.165) is 5.56 Å². The van der Waals surface area contributed by atoms with Gasteiger partial charge in [0.1, 0.15) is 5.75 Å². The van der Waals surface area contributed by atoms with Crippen LogP contribution >= 0.6 is 23.2 Å². The van der Waals surface area contributed by atoms with Crippen molar-refractivity contribution in [2.24, 2.45) is 0 Å². The highest BCUT2D eigenvalue weighted by Crippen LogP contribution is 2.21. The predicted molar refractivity (Wildman–Crippen MR) is 77.3 cm³/mol. The molecule has 0 aliphatic heterocycles. The third-order valence-corrected chi connectivity index (χ3v) is 3.07. The first-order valence-corrected chi connectivity index (χ1v) is 6.31. The van der Waals surface area contributed by atoms with Crippen LogP contribution in [0.5, 0.6) is 5.75 Å². The van der Waals surface area contributed by atoms with Gasteiger partial charge < -0.3 is 4.74 Å². The molecule has 0 aliphatic carbocycles. The molecule has 0 aliphatic rings. The summed E-state index contributed by atoms with van der Waals surface area (Å²) in [5.41, 5.74) is 1.41. The van der Waals surface area contributed by atoms with E-state index in [4.69, 9.17) is 27.9 Å². The molecule has 5 heteroatoms. The molecule has 1 N–H and O–H groups in total. The number of anilines is 1. The van der Waals surface area contributed by atoms with Crippen LogP contribution in [0.25, 0.3) is 0 Å². The minimum atomic E-state index is -0.580. The van der Waals surface area contributed by atoms with Gasteiger partial charge in [0.15, 0.2) is 0 Å². The summed E-state index contributed by atoms with van der Waals surface area (Å²) in [4.78, 5) is 11.7. The Morgan fingerprint density at radius 1 is 1.16 bits per heavy atom. The summed E-state index contributed by atoms with van der Waals surface area (Å²) in [6.45, 7) is 1.84. The number of ether oxygens (including phenoxy) is 1. The average molecular weight is 296 g/mol. The Kier molecular flexibility index (Phi) is 4.30. The fourth-order valence-electron chi connectivity index (χ4n) is 1.50. The van der Waals surface area contributed by atoms with Crippen LogP contribution in [0.3, 0.4) is 0 Å². The predicted octanol–water partition coefficient (Wildman–Crippen LogP) is 4.91. The first-order chi connectivity index (χ1) is 9.04. The maximum atomic E-state index is 11.7. The van der Waals surface area contributed by atoms with Gasteiger partial charge in [-0.3, -0.25) is 5.32 Å². The Bertz CT molecular complexity index is 614. The molecule has 98 valence electrons. The van der Waals surface area contributed by atoms with Crippen molar-refractivity contribution in [1.29, 1.82) is 0 Å². The Morgan fingerprint density at radius 2 is 1.95 bits per heavy atom. The molecule has 0 fully saturated rings. The number of carbonyl (C=O) groups excluding carboxylic acids is 1. The number of amides is 1. The van der Waals surface area contributed by atoms with Crippen LogP contribution in [0, 0.1) is 6.92 Å². The SMILES string of the molecule is Cc1cc(OC(=O)Nc2cccc(Cl)c2)ccc1Cl. The van der Waals surface area contributed by atoms with Crippen molar-refractivity contribution in [1.82, 2.24) is 0 Å². The van der Waals surface area contributed by atoms with Crippen LogP contribution in [0.4, 0.5) is 10.5 Å². The van der Waals surface area contributed by atoms with Gasteiger partial charge in [0.05, 0.1) is 0 Å². The van der Waals surface area contributed by atoms with Gasteiger partial charge >= 0.3 is 6.09 Å². The van der Waals surface area contributed by atoms with Gasteiger partial charge in [-0.2, -0.15) is 0 Å². The second kappa shape index (κ2) is 5.95. The van der Waals surface area contributed by atoms with E-state index in [0.29, 0.717) is 21.5 Å². The molecule has 0 unspecified atom stereocenters. The maximum absolute atomic E-state index is 11.7. The average Bonchev–Trinajstić information content (AvgIpc) is 2.34. The van der Waals surface area contributed by atoms with Crippen LogP contribution in [-0.4, -0.2) is 6.09 Å². The number of nitrogens with one attached hydrogen (secondary N) is 1. The standard InChI is InChI=1S/C14H11Cl2NO2/c1-9-7-12(5-6-13(9)16)19-14(18)17-11-4-2-3-10(15)8-11/h2-8H,1H3,(H,17,18). The second-order valence-electron chi connectivity index (χ2n) is 3.94. The van der Waals surface area contributed by atoms with E-state index in [-0.39, 0.29) is 0 Å². The number of aryl methyl sites for hydroxylation is 1. The van der Waals surface area contributed by atoms with Crippen molar-refractivity contribution in [3.05, 3.63) is 58.1 Å². The van der Waals surface area contributed by atoms with Gasteiger partial charge in [-0.25, -0.2) is 4.79 Å². The molecule has 0 radical (unpaired) electrons. The van der Waals surface area contributed by atoms with E-state index in [1.54, 1.807) is 42.5 Å². The van der Waals surface area contributed by atoms with Crippen molar-refractivity contribution in [3.8, 4) is 5.75 Å². The third kappa shape index (κ3) is 3.88. The van der Waals surface area contributed by atoms with Crippen molar-refractivity contribution >= 4 is 35.0 Å². The van der Waals surface area contributed by atoms with E-state index >= 15 is 0 Å². The smallest absolute Gasteiger partial charge is 0.410 e. The Balaban J connectivity index is 2.03. The number of rotatable bonds is 2. The van der Waals surface area contributed by atoms with E-state index < -0.39 is 6.09 Å². The molecule has 0 atom stereocenters. The molecule has 0 aromatic heterocycles. The van der Waals surface area contributed by atoms with Gasteiger partial charge in [-0.15, -0.1) is 0 Å². The Morgan fingerprint density at radius 3 is 2.63 bits per heavy atom. The maximum Gasteiger partial charge on any atom is 0.417 e. The highest BCUT2D eigenvalue weighted by Gasteiger charge is 2.06. The van der Waals surface area contributed by atoms with Gasteiger partial charge in [-0.05, 0) is 48.9 Å². The molecular weight excluding hydrogens is 285 g/mol. The molecule has 2 rings (SSSR count). The molecule has 2 aromatic rings. The first-order valence-electron chi connectivity index (χ1n) is 5.55. The summed E-state index contributed by atoms with van der Waals surface area (Å²) in [5.74, 6) is 0.432. The van der Waals surface area contributed by atoms with Gasteiger partial charge in [0.25, 0.3) is 0 Å². The lowest BCUT2D eigenvalue weighted by Crippen LogP contribution is -2.16. The van der Waals surface area contributed by atoms with Crippen LogP contribution in [0.2, 0.25) is 10.0 Å². The second-order valence-corrected chi connectivity index (χ2v) is 4.78. The lowest BCUT2D eigenvalue weighted by atomic mass is 10.2. The number of hydrogen-bond acceptors (Lipinski definition) is 2. The fraction of sp³-hybridized carbons (Fsp3) is 0.0714. The Labute approximate surface area is 121 Å². The van der Waals surface area contributed by atoms with Crippen LogP contribution in [0.15, 0.2) is 42.5 Å². The highest BCUT2D eigenvalue weighted by atomic mass is 35.5. The zero-order valence-corrected chi connectivity index (χ0v) is 11.6. The van der Waals surface area contributed by atoms with Gasteiger partial charge in [0, 0.05) is 15.7 Å². The van der Waals surface area contributed by atoms with Crippen molar-refractivity contribution in [3.63, 3.8) is 0 Å². The number of carbonyl (C=O) groups is 1. The summed E-state index contributed by atoms with van der Waals surface area (Å²) < 4.78 is 5.14. The monoisotopic (exact) mass is 295 g/mol. The molecule has 0 bridgehead atoms. The summed E-state index contributed by atoms with van der Waals surface area (Å²) >= 11 is 11.7. The molecule has 0 saturated carbocycles. The highest BCUT2D eigenvalue weighted by molar-refractivity contribution is 6.31. The van der Waals surface area contributed by atoms with Crippen LogP contribution in [0.1, 0.15) is 5.56 Å². The molecule has 3 nitrogen and oxygen atoms in total. The molecule has 1 amide bonds. The molecular formula is C14H11Cl2NO2. The molecule has 0 spiro atoms. The molecule has 0 saturated heterocycles. The number of benzene rings is 2. The molecule has 2 aromatic carbocycles. The molecule has 0 heterocycles. The molecule has 19 heavy (non-hydrogen) atoms. The summed E-state index contributed by atoms with van der Waals surface area (Å²) in [6.07, 6.45) is -0.580. The lowest BCUT2D eigenvalue weighted by Gasteiger charge is -2.08. The van der Waals surface area contributed by atoms with Crippen molar-refractivity contribution in [2.75, 3.05) is 5.32 Å². The largest absolute Gasteiger partial charge is 0.417 e. The van der Waals surface area contributed by atoms with E-state index in [2.05, 4.69) is 5.32 Å². The summed E-state index contributed by atoms with van der Waals surface area (Å²) in [6, 6.07) is 11.8. The van der Waals surface area contributed by atoms with Crippen molar-refractivity contribution in [2.45, 2.75) is 6.92 Å². The van der Waals surface area contributed by atoms with Gasteiger partial charge in [-0.1, -0.05) is 29.3 Å². The number of halogens is 2. The minimum absolute atomic E-state index is 0.432. The fourth-order valence-corrected chi connectivity index (χ4v) is 1.81. The van der Waals surface area contributed by atoms with E-state index in [1.165, 1.54) is 0 Å². The first kappa shape index (κ1) is 13.7. The third-order valence-electron chi connectivity index (χ3n) is 2.41. The van der Waals surface area contributed by atoms with E-state index in [9.17, 15) is 4.79 Å². The zero-order chi connectivity index (χ0) is 13.8. The Hall–Kier alpha value is -1.71. The van der Waals surface area contributed by atoms with Crippen molar-refractivity contribution < 1.29 is 9.53 Å². The normalized spacial score (nSPS) is 10.1.